The molecule has 0 saturated heterocycles. The van der Waals surface area contributed by atoms with Crippen molar-refractivity contribution in [2.75, 3.05) is 0 Å². The summed E-state index contributed by atoms with van der Waals surface area (Å²) in [6, 6.07) is 4.72. The second-order valence-electron chi connectivity index (χ2n) is 3.41. The van der Waals surface area contributed by atoms with Gasteiger partial charge in [0.15, 0.2) is 0 Å². The Morgan fingerprint density at radius 2 is 1.85 bits per heavy atom. The van der Waals surface area contributed by atoms with E-state index >= 15 is 0 Å². The summed E-state index contributed by atoms with van der Waals surface area (Å²) in [5.41, 5.74) is 0.891. The number of aromatic hydroxyl groups is 2. The van der Waals surface area contributed by atoms with Crippen LogP contribution in [0.4, 0.5) is 0 Å². The summed E-state index contributed by atoms with van der Waals surface area (Å²) in [7, 11) is 0. The summed E-state index contributed by atoms with van der Waals surface area (Å²) in [5.74, 6) is 0.809. The van der Waals surface area contributed by atoms with E-state index < -0.39 is 0 Å². The van der Waals surface area contributed by atoms with Crippen LogP contribution in [0.3, 0.4) is 0 Å². The Hall–Kier alpha value is -0.180. The van der Waals surface area contributed by atoms with Crippen molar-refractivity contribution in [1.82, 2.24) is 0 Å². The van der Waals surface area contributed by atoms with Crippen LogP contribution in [0.5, 0.6) is 11.5 Å². The Bertz CT molecular complexity index is 272. The number of phenolic OH excluding ortho intramolecular Hbond substituents is 2. The SMILES string of the molecule is CC(C)Cc1ccc(O)cc1O.[Na]. The number of benzene rings is 1. The Kier molecular flexibility index (Phi) is 5.45. The Balaban J connectivity index is 0.00000144. The van der Waals surface area contributed by atoms with Crippen LogP contribution < -0.4 is 0 Å². The van der Waals surface area contributed by atoms with Gasteiger partial charge in [0.2, 0.25) is 0 Å². The Morgan fingerprint density at radius 1 is 1.23 bits per heavy atom. The monoisotopic (exact) mass is 189 g/mol. The van der Waals surface area contributed by atoms with Gasteiger partial charge in [0.1, 0.15) is 11.5 Å². The minimum absolute atomic E-state index is 0. The normalized spacial score (nSPS) is 9.77. The zero-order valence-electron chi connectivity index (χ0n) is 8.41. The van der Waals surface area contributed by atoms with Gasteiger partial charge in [0, 0.05) is 35.6 Å². The van der Waals surface area contributed by atoms with Crippen LogP contribution in [-0.4, -0.2) is 39.8 Å². The molecule has 0 heterocycles. The molecule has 0 aromatic heterocycles. The molecule has 2 N–H and O–H groups in total. The van der Waals surface area contributed by atoms with E-state index in [0.29, 0.717) is 5.92 Å². The average molecular weight is 189 g/mol. The molecule has 1 rings (SSSR count). The molecule has 13 heavy (non-hydrogen) atoms. The van der Waals surface area contributed by atoms with Crippen molar-refractivity contribution < 1.29 is 10.2 Å². The summed E-state index contributed by atoms with van der Waals surface area (Å²) in [6.07, 6.45) is 0.839. The van der Waals surface area contributed by atoms with Crippen molar-refractivity contribution in [3.8, 4) is 11.5 Å². The molecule has 1 aromatic carbocycles. The van der Waals surface area contributed by atoms with Gasteiger partial charge >= 0.3 is 0 Å². The fourth-order valence-electron chi connectivity index (χ4n) is 1.16. The molecule has 0 aliphatic rings. The van der Waals surface area contributed by atoms with Gasteiger partial charge in [0.05, 0.1) is 0 Å². The molecule has 0 aliphatic heterocycles. The maximum absolute atomic E-state index is 9.38. The van der Waals surface area contributed by atoms with Crippen molar-refractivity contribution in [3.05, 3.63) is 23.8 Å². The van der Waals surface area contributed by atoms with E-state index in [1.54, 1.807) is 12.1 Å². The van der Waals surface area contributed by atoms with Crippen molar-refractivity contribution in [3.63, 3.8) is 0 Å². The van der Waals surface area contributed by atoms with Gasteiger partial charge in [-0.1, -0.05) is 19.9 Å². The molecule has 0 amide bonds. The maximum atomic E-state index is 9.38. The molecule has 0 saturated carbocycles. The fourth-order valence-corrected chi connectivity index (χ4v) is 1.16. The molecule has 0 atom stereocenters. The van der Waals surface area contributed by atoms with Gasteiger partial charge in [-0.3, -0.25) is 0 Å². The van der Waals surface area contributed by atoms with Crippen LogP contribution in [0.15, 0.2) is 18.2 Å². The summed E-state index contributed by atoms with van der Waals surface area (Å²) in [6.45, 7) is 4.18. The van der Waals surface area contributed by atoms with E-state index in [0.717, 1.165) is 12.0 Å². The first-order valence-electron chi connectivity index (χ1n) is 4.10. The van der Waals surface area contributed by atoms with Crippen molar-refractivity contribution in [2.45, 2.75) is 20.3 Å². The van der Waals surface area contributed by atoms with Crippen LogP contribution in [0, 0.1) is 5.92 Å². The third kappa shape index (κ3) is 4.03. The van der Waals surface area contributed by atoms with Gasteiger partial charge in [-0.05, 0) is 24.0 Å². The standard InChI is InChI=1S/C10H14O2.Na/c1-7(2)5-8-3-4-9(11)6-10(8)12;/h3-4,6-7,11-12H,5H2,1-2H3;. The summed E-state index contributed by atoms with van der Waals surface area (Å²) in [4.78, 5) is 0. The van der Waals surface area contributed by atoms with Crippen molar-refractivity contribution in [1.29, 1.82) is 0 Å². The van der Waals surface area contributed by atoms with Crippen LogP contribution in [0.2, 0.25) is 0 Å². The van der Waals surface area contributed by atoms with Crippen LogP contribution in [0.1, 0.15) is 19.4 Å². The van der Waals surface area contributed by atoms with E-state index in [-0.39, 0.29) is 41.1 Å². The molecule has 0 fully saturated rings. The van der Waals surface area contributed by atoms with Gasteiger partial charge in [-0.25, -0.2) is 0 Å². The molecule has 0 unspecified atom stereocenters. The van der Waals surface area contributed by atoms with Crippen LogP contribution >= 0.6 is 0 Å². The van der Waals surface area contributed by atoms with E-state index in [4.69, 9.17) is 5.11 Å². The van der Waals surface area contributed by atoms with Crippen molar-refractivity contribution in [2.24, 2.45) is 5.92 Å². The fraction of sp³-hybridized carbons (Fsp3) is 0.400. The van der Waals surface area contributed by atoms with E-state index in [1.807, 2.05) is 0 Å². The van der Waals surface area contributed by atoms with Gasteiger partial charge in [-0.2, -0.15) is 0 Å². The maximum Gasteiger partial charge on any atom is 0.122 e. The quantitative estimate of drug-likeness (QED) is 0.698. The molecule has 0 bridgehead atoms. The summed E-state index contributed by atoms with van der Waals surface area (Å²) >= 11 is 0. The summed E-state index contributed by atoms with van der Waals surface area (Å²) in [5, 5.41) is 18.4. The Labute approximate surface area is 101 Å². The smallest absolute Gasteiger partial charge is 0.122 e. The predicted octanol–water partition coefficient (Wildman–Crippen LogP) is 1.92. The molecular formula is C10H14NaO2. The predicted molar refractivity (Wildman–Crippen MR) is 54.1 cm³/mol. The largest absolute Gasteiger partial charge is 0.508 e. The first kappa shape index (κ1) is 12.8. The first-order valence-corrected chi connectivity index (χ1v) is 4.10. The van der Waals surface area contributed by atoms with Gasteiger partial charge in [0.25, 0.3) is 0 Å². The third-order valence-corrected chi connectivity index (χ3v) is 1.70. The minimum Gasteiger partial charge on any atom is -0.508 e. The molecular weight excluding hydrogens is 175 g/mol. The molecule has 0 spiro atoms. The molecule has 1 radical (unpaired) electrons. The van der Waals surface area contributed by atoms with Crippen molar-refractivity contribution >= 4 is 29.6 Å². The second-order valence-corrected chi connectivity index (χ2v) is 3.41. The second kappa shape index (κ2) is 5.53. The molecule has 0 aliphatic carbocycles. The first-order chi connectivity index (χ1) is 5.59. The minimum atomic E-state index is 0. The molecule has 1 aromatic rings. The number of hydrogen-bond donors (Lipinski definition) is 2. The van der Waals surface area contributed by atoms with Gasteiger partial charge < -0.3 is 10.2 Å². The van der Waals surface area contributed by atoms with E-state index in [2.05, 4.69) is 13.8 Å². The average Bonchev–Trinajstić information content (AvgIpc) is 1.94. The number of rotatable bonds is 2. The zero-order chi connectivity index (χ0) is 9.14. The topological polar surface area (TPSA) is 40.5 Å². The van der Waals surface area contributed by atoms with Crippen LogP contribution in [0.25, 0.3) is 0 Å². The summed E-state index contributed by atoms with van der Waals surface area (Å²) < 4.78 is 0. The molecule has 2 nitrogen and oxygen atoms in total. The number of hydrogen-bond acceptors (Lipinski definition) is 2. The van der Waals surface area contributed by atoms with E-state index in [1.165, 1.54) is 6.07 Å². The number of phenols is 2. The van der Waals surface area contributed by atoms with Gasteiger partial charge in [-0.15, -0.1) is 0 Å². The molecule has 67 valence electrons. The van der Waals surface area contributed by atoms with Crippen LogP contribution in [-0.2, 0) is 6.42 Å². The van der Waals surface area contributed by atoms with E-state index in [9.17, 15) is 5.11 Å². The Morgan fingerprint density at radius 3 is 2.31 bits per heavy atom. The zero-order valence-corrected chi connectivity index (χ0v) is 10.4. The molecule has 3 heteroatoms. The third-order valence-electron chi connectivity index (χ3n) is 1.70.